The summed E-state index contributed by atoms with van der Waals surface area (Å²) < 4.78 is 35.0. The fraction of sp³-hybridized carbons (Fsp3) is 0.310. The number of carbonyl (C=O) groups excluding carboxylic acids is 2. The number of nitrogens with zero attached hydrogens (tertiary/aromatic N) is 2. The standard InChI is InChI=1S/C29H32BrCl2N3O5S/c1-5-40-24-11-9-23(10-12-24)35(41(38,39)25-13-7-22(30)8-14-25)18-28(36)34(20(4)29(37)33-19(2)3)17-21-6-15-26(31)27(32)16-21/h6-16,19-20H,5,17-18H2,1-4H3,(H,33,37)/t20-/m1/s1. The average molecular weight is 685 g/mol. The minimum atomic E-state index is -4.19. The van der Waals surface area contributed by atoms with Crippen LogP contribution in [-0.2, 0) is 26.2 Å². The quantitative estimate of drug-likeness (QED) is 0.242. The summed E-state index contributed by atoms with van der Waals surface area (Å²) >= 11 is 15.6. The van der Waals surface area contributed by atoms with Gasteiger partial charge in [0.1, 0.15) is 18.3 Å². The fourth-order valence-corrected chi connectivity index (χ4v) is 5.96. The zero-order chi connectivity index (χ0) is 30.3. The number of sulfonamides is 1. The van der Waals surface area contributed by atoms with Gasteiger partial charge in [-0.3, -0.25) is 13.9 Å². The maximum Gasteiger partial charge on any atom is 0.264 e. The van der Waals surface area contributed by atoms with Crippen molar-refractivity contribution < 1.29 is 22.7 Å². The Labute approximate surface area is 259 Å². The first-order valence-electron chi connectivity index (χ1n) is 12.9. The molecule has 3 rings (SSSR count). The number of hydrogen-bond acceptors (Lipinski definition) is 5. The molecule has 8 nitrogen and oxygen atoms in total. The number of carbonyl (C=O) groups is 2. The molecule has 0 fully saturated rings. The molecule has 0 spiro atoms. The van der Waals surface area contributed by atoms with Crippen molar-refractivity contribution in [2.45, 2.75) is 51.2 Å². The second-order valence-electron chi connectivity index (χ2n) is 9.50. The number of hydrogen-bond donors (Lipinski definition) is 1. The van der Waals surface area contributed by atoms with E-state index in [4.69, 9.17) is 27.9 Å². The third-order valence-electron chi connectivity index (χ3n) is 6.05. The second-order valence-corrected chi connectivity index (χ2v) is 13.1. The molecule has 0 unspecified atom stereocenters. The lowest BCUT2D eigenvalue weighted by Gasteiger charge is -2.32. The summed E-state index contributed by atoms with van der Waals surface area (Å²) in [5.74, 6) is -0.405. The van der Waals surface area contributed by atoms with Gasteiger partial charge in [0.2, 0.25) is 11.8 Å². The Morgan fingerprint density at radius 1 is 0.951 bits per heavy atom. The third kappa shape index (κ3) is 8.61. The van der Waals surface area contributed by atoms with Gasteiger partial charge in [-0.1, -0.05) is 45.2 Å². The summed E-state index contributed by atoms with van der Waals surface area (Å²) in [6.07, 6.45) is 0. The van der Waals surface area contributed by atoms with Crippen LogP contribution in [0.25, 0.3) is 0 Å². The van der Waals surface area contributed by atoms with Crippen LogP contribution in [0.2, 0.25) is 10.0 Å². The number of rotatable bonds is 12. The Hall–Kier alpha value is -2.79. The lowest BCUT2D eigenvalue weighted by atomic mass is 10.1. The summed E-state index contributed by atoms with van der Waals surface area (Å²) in [5, 5.41) is 3.46. The van der Waals surface area contributed by atoms with Crippen LogP contribution >= 0.6 is 39.1 Å². The lowest BCUT2D eigenvalue weighted by molar-refractivity contribution is -0.139. The van der Waals surface area contributed by atoms with E-state index in [1.165, 1.54) is 17.0 Å². The maximum absolute atomic E-state index is 14.0. The Kier molecular flexibility index (Phi) is 11.5. The molecule has 0 saturated heterocycles. The van der Waals surface area contributed by atoms with Crippen LogP contribution in [0, 0.1) is 0 Å². The molecular formula is C29H32BrCl2N3O5S. The molecule has 41 heavy (non-hydrogen) atoms. The molecule has 3 aromatic carbocycles. The van der Waals surface area contributed by atoms with E-state index in [2.05, 4.69) is 21.2 Å². The summed E-state index contributed by atoms with van der Waals surface area (Å²) in [6, 6.07) is 16.4. The highest BCUT2D eigenvalue weighted by Crippen LogP contribution is 2.28. The molecule has 1 N–H and O–H groups in total. The highest BCUT2D eigenvalue weighted by molar-refractivity contribution is 9.10. The molecular weight excluding hydrogens is 653 g/mol. The van der Waals surface area contributed by atoms with Gasteiger partial charge in [-0.2, -0.15) is 0 Å². The summed E-state index contributed by atoms with van der Waals surface area (Å²) in [7, 11) is -4.19. The summed E-state index contributed by atoms with van der Waals surface area (Å²) in [6.45, 7) is 6.94. The van der Waals surface area contributed by atoms with E-state index in [1.807, 2.05) is 20.8 Å². The van der Waals surface area contributed by atoms with Gasteiger partial charge in [-0.05, 0) is 93.9 Å². The molecule has 220 valence electrons. The van der Waals surface area contributed by atoms with E-state index in [-0.39, 0.29) is 29.1 Å². The van der Waals surface area contributed by atoms with Crippen molar-refractivity contribution in [1.29, 1.82) is 0 Å². The van der Waals surface area contributed by atoms with Gasteiger partial charge in [0.25, 0.3) is 10.0 Å². The first-order chi connectivity index (χ1) is 19.3. The van der Waals surface area contributed by atoms with Gasteiger partial charge in [-0.25, -0.2) is 8.42 Å². The van der Waals surface area contributed by atoms with E-state index >= 15 is 0 Å². The zero-order valence-electron chi connectivity index (χ0n) is 23.1. The van der Waals surface area contributed by atoms with Gasteiger partial charge in [0.15, 0.2) is 0 Å². The van der Waals surface area contributed by atoms with Crippen molar-refractivity contribution in [3.63, 3.8) is 0 Å². The van der Waals surface area contributed by atoms with Gasteiger partial charge in [-0.15, -0.1) is 0 Å². The maximum atomic E-state index is 14.0. The number of ether oxygens (including phenoxy) is 1. The van der Waals surface area contributed by atoms with Crippen LogP contribution < -0.4 is 14.4 Å². The van der Waals surface area contributed by atoms with Gasteiger partial charge >= 0.3 is 0 Å². The molecule has 0 bridgehead atoms. The SMILES string of the molecule is CCOc1ccc(N(CC(=O)N(Cc2ccc(Cl)c(Cl)c2)[C@H](C)C(=O)NC(C)C)S(=O)(=O)c2ccc(Br)cc2)cc1. The van der Waals surface area contributed by atoms with E-state index in [9.17, 15) is 18.0 Å². The lowest BCUT2D eigenvalue weighted by Crippen LogP contribution is -2.52. The van der Waals surface area contributed by atoms with Crippen molar-refractivity contribution in [3.8, 4) is 5.75 Å². The zero-order valence-corrected chi connectivity index (χ0v) is 27.0. The number of nitrogens with one attached hydrogen (secondary N) is 1. The number of amides is 2. The van der Waals surface area contributed by atoms with Crippen LogP contribution in [0.4, 0.5) is 5.69 Å². The van der Waals surface area contributed by atoms with Crippen LogP contribution in [-0.4, -0.2) is 50.4 Å². The molecule has 0 aliphatic carbocycles. The minimum Gasteiger partial charge on any atom is -0.494 e. The highest BCUT2D eigenvalue weighted by atomic mass is 79.9. The predicted octanol–water partition coefficient (Wildman–Crippen LogP) is 6.29. The van der Waals surface area contributed by atoms with Crippen molar-refractivity contribution in [2.75, 3.05) is 17.5 Å². The number of benzene rings is 3. The number of anilines is 1. The molecule has 3 aromatic rings. The van der Waals surface area contributed by atoms with E-state index < -0.39 is 28.5 Å². The summed E-state index contributed by atoms with van der Waals surface area (Å²) in [4.78, 5) is 28.3. The number of halogens is 3. The highest BCUT2D eigenvalue weighted by Gasteiger charge is 2.32. The molecule has 0 heterocycles. The monoisotopic (exact) mass is 683 g/mol. The van der Waals surface area contributed by atoms with E-state index in [1.54, 1.807) is 61.5 Å². The molecule has 2 amide bonds. The summed E-state index contributed by atoms with van der Waals surface area (Å²) in [5.41, 5.74) is 0.888. The van der Waals surface area contributed by atoms with Crippen LogP contribution in [0.15, 0.2) is 76.1 Å². The third-order valence-corrected chi connectivity index (χ3v) is 9.11. The Morgan fingerprint density at radius 2 is 1.59 bits per heavy atom. The van der Waals surface area contributed by atoms with Crippen LogP contribution in [0.1, 0.15) is 33.3 Å². The molecule has 0 saturated carbocycles. The van der Waals surface area contributed by atoms with E-state index in [0.29, 0.717) is 32.4 Å². The van der Waals surface area contributed by atoms with Crippen LogP contribution in [0.5, 0.6) is 5.75 Å². The molecule has 1 atom stereocenters. The Balaban J connectivity index is 2.04. The Morgan fingerprint density at radius 3 is 2.15 bits per heavy atom. The largest absolute Gasteiger partial charge is 0.494 e. The van der Waals surface area contributed by atoms with Crippen molar-refractivity contribution >= 4 is 66.7 Å². The fourth-order valence-electron chi connectivity index (χ4n) is 3.96. The molecule has 12 heteroatoms. The topological polar surface area (TPSA) is 96.0 Å². The van der Waals surface area contributed by atoms with Crippen molar-refractivity contribution in [2.24, 2.45) is 0 Å². The van der Waals surface area contributed by atoms with Gasteiger partial charge < -0.3 is 15.0 Å². The van der Waals surface area contributed by atoms with Gasteiger partial charge in [0, 0.05) is 17.1 Å². The molecule has 0 aliphatic heterocycles. The van der Waals surface area contributed by atoms with Crippen LogP contribution in [0.3, 0.4) is 0 Å². The Bertz CT molecular complexity index is 1470. The van der Waals surface area contributed by atoms with Crippen molar-refractivity contribution in [1.82, 2.24) is 10.2 Å². The molecule has 0 aromatic heterocycles. The van der Waals surface area contributed by atoms with Crippen molar-refractivity contribution in [3.05, 3.63) is 86.8 Å². The smallest absolute Gasteiger partial charge is 0.264 e. The average Bonchev–Trinajstić information content (AvgIpc) is 2.92. The molecule has 0 radical (unpaired) electrons. The van der Waals surface area contributed by atoms with Gasteiger partial charge in [0.05, 0.1) is 27.2 Å². The van der Waals surface area contributed by atoms with E-state index in [0.717, 1.165) is 4.31 Å². The normalized spacial score (nSPS) is 12.1. The first-order valence-corrected chi connectivity index (χ1v) is 15.9. The predicted molar refractivity (Wildman–Crippen MR) is 166 cm³/mol. The second kappa shape index (κ2) is 14.4. The minimum absolute atomic E-state index is 0.00213. The molecule has 0 aliphatic rings. The first kappa shape index (κ1) is 32.7.